The van der Waals surface area contributed by atoms with Gasteiger partial charge in [0.1, 0.15) is 5.75 Å². The van der Waals surface area contributed by atoms with E-state index in [1.54, 1.807) is 7.11 Å². The smallest absolute Gasteiger partial charge is 0.228 e. The van der Waals surface area contributed by atoms with Crippen LogP contribution in [-0.2, 0) is 4.79 Å². The molecule has 1 aromatic rings. The third-order valence-corrected chi connectivity index (χ3v) is 3.28. The molecule has 0 aromatic heterocycles. The van der Waals surface area contributed by atoms with Crippen molar-refractivity contribution in [2.75, 3.05) is 25.5 Å². The average molecular weight is 248 g/mol. The molecule has 1 aliphatic rings. The van der Waals surface area contributed by atoms with Gasteiger partial charge in [-0.05, 0) is 44.0 Å². The highest BCUT2D eigenvalue weighted by Crippen LogP contribution is 2.26. The molecule has 1 amide bonds. The van der Waals surface area contributed by atoms with Crippen LogP contribution in [0.1, 0.15) is 18.4 Å². The Hall–Kier alpha value is -1.55. The van der Waals surface area contributed by atoms with Gasteiger partial charge in [-0.25, -0.2) is 0 Å². The molecule has 1 aromatic carbocycles. The zero-order valence-electron chi connectivity index (χ0n) is 11.0. The van der Waals surface area contributed by atoms with Crippen LogP contribution in [0.4, 0.5) is 5.69 Å². The van der Waals surface area contributed by atoms with Crippen LogP contribution in [0.2, 0.25) is 0 Å². The van der Waals surface area contributed by atoms with Gasteiger partial charge in [-0.2, -0.15) is 0 Å². The van der Waals surface area contributed by atoms with Crippen molar-refractivity contribution in [3.63, 3.8) is 0 Å². The third-order valence-electron chi connectivity index (χ3n) is 3.28. The minimum atomic E-state index is 0.0592. The van der Waals surface area contributed by atoms with Crippen molar-refractivity contribution in [3.8, 4) is 5.75 Å². The van der Waals surface area contributed by atoms with Crippen molar-refractivity contribution in [1.29, 1.82) is 0 Å². The number of piperidine rings is 1. The quantitative estimate of drug-likeness (QED) is 0.859. The molecule has 0 spiro atoms. The molecule has 18 heavy (non-hydrogen) atoms. The van der Waals surface area contributed by atoms with Gasteiger partial charge in [0, 0.05) is 6.54 Å². The van der Waals surface area contributed by atoms with Crippen LogP contribution in [0.25, 0.3) is 0 Å². The molecule has 4 heteroatoms. The van der Waals surface area contributed by atoms with Gasteiger partial charge in [0.05, 0.1) is 18.7 Å². The minimum absolute atomic E-state index is 0.0592. The Bertz CT molecular complexity index is 426. The Kier molecular flexibility index (Phi) is 4.20. The lowest BCUT2D eigenvalue weighted by atomic mass is 9.98. The molecule has 1 heterocycles. The summed E-state index contributed by atoms with van der Waals surface area (Å²) in [6.07, 6.45) is 2.01. The van der Waals surface area contributed by atoms with E-state index in [0.29, 0.717) is 5.75 Å². The zero-order chi connectivity index (χ0) is 13.0. The Morgan fingerprint density at radius 2 is 2.33 bits per heavy atom. The lowest BCUT2D eigenvalue weighted by Gasteiger charge is -2.22. The predicted octanol–water partition coefficient (Wildman–Crippen LogP) is 1.94. The number of hydrogen-bond donors (Lipinski definition) is 2. The number of amides is 1. The molecule has 0 saturated carbocycles. The van der Waals surface area contributed by atoms with Gasteiger partial charge >= 0.3 is 0 Å². The second-order valence-electron chi connectivity index (χ2n) is 4.74. The number of anilines is 1. The van der Waals surface area contributed by atoms with E-state index in [0.717, 1.165) is 37.2 Å². The number of hydrogen-bond acceptors (Lipinski definition) is 3. The number of methoxy groups -OCH3 is 1. The van der Waals surface area contributed by atoms with Crippen LogP contribution in [0.15, 0.2) is 18.2 Å². The second kappa shape index (κ2) is 5.87. The predicted molar refractivity (Wildman–Crippen MR) is 72.0 cm³/mol. The first-order valence-corrected chi connectivity index (χ1v) is 6.37. The molecule has 2 rings (SSSR count). The number of benzene rings is 1. The molecular weight excluding hydrogens is 228 g/mol. The molecule has 1 saturated heterocycles. The summed E-state index contributed by atoms with van der Waals surface area (Å²) < 4.78 is 5.26. The molecule has 0 aliphatic carbocycles. The van der Waals surface area contributed by atoms with Crippen molar-refractivity contribution in [2.45, 2.75) is 19.8 Å². The van der Waals surface area contributed by atoms with Gasteiger partial charge in [-0.15, -0.1) is 0 Å². The number of aryl methyl sites for hydroxylation is 1. The van der Waals surface area contributed by atoms with Crippen LogP contribution >= 0.6 is 0 Å². The first kappa shape index (κ1) is 12.9. The SMILES string of the molecule is COc1ccc(C)cc1NC(=O)[C@@H]1CCCNC1. The van der Waals surface area contributed by atoms with Crippen molar-refractivity contribution >= 4 is 11.6 Å². The first-order valence-electron chi connectivity index (χ1n) is 6.37. The molecular formula is C14H20N2O2. The van der Waals surface area contributed by atoms with E-state index in [2.05, 4.69) is 10.6 Å². The van der Waals surface area contributed by atoms with E-state index < -0.39 is 0 Å². The van der Waals surface area contributed by atoms with Gasteiger partial charge in [-0.1, -0.05) is 6.07 Å². The maximum absolute atomic E-state index is 12.1. The summed E-state index contributed by atoms with van der Waals surface area (Å²) in [6.45, 7) is 3.77. The van der Waals surface area contributed by atoms with Gasteiger partial charge in [-0.3, -0.25) is 4.79 Å². The largest absolute Gasteiger partial charge is 0.495 e. The Labute approximate surface area is 108 Å². The molecule has 2 N–H and O–H groups in total. The van der Waals surface area contributed by atoms with E-state index >= 15 is 0 Å². The molecule has 4 nitrogen and oxygen atoms in total. The van der Waals surface area contributed by atoms with Gasteiger partial charge in [0.25, 0.3) is 0 Å². The van der Waals surface area contributed by atoms with Crippen molar-refractivity contribution in [3.05, 3.63) is 23.8 Å². The highest BCUT2D eigenvalue weighted by Gasteiger charge is 2.21. The Balaban J connectivity index is 2.07. The van der Waals surface area contributed by atoms with Crippen LogP contribution in [0, 0.1) is 12.8 Å². The number of carbonyl (C=O) groups excluding carboxylic acids is 1. The summed E-state index contributed by atoms with van der Waals surface area (Å²) >= 11 is 0. The molecule has 0 unspecified atom stereocenters. The van der Waals surface area contributed by atoms with Crippen LogP contribution in [-0.4, -0.2) is 26.1 Å². The molecule has 1 atom stereocenters. The molecule has 0 radical (unpaired) electrons. The van der Waals surface area contributed by atoms with Crippen molar-refractivity contribution < 1.29 is 9.53 Å². The zero-order valence-corrected chi connectivity index (χ0v) is 11.0. The van der Waals surface area contributed by atoms with E-state index in [1.165, 1.54) is 0 Å². The summed E-state index contributed by atoms with van der Waals surface area (Å²) in [5, 5.41) is 6.22. The van der Waals surface area contributed by atoms with E-state index in [4.69, 9.17) is 4.74 Å². The highest BCUT2D eigenvalue weighted by atomic mass is 16.5. The molecule has 1 aliphatic heterocycles. The standard InChI is InChI=1S/C14H20N2O2/c1-10-5-6-13(18-2)12(8-10)16-14(17)11-4-3-7-15-9-11/h5-6,8,11,15H,3-4,7,9H2,1-2H3,(H,16,17)/t11-/m1/s1. The Morgan fingerprint density at radius 1 is 1.50 bits per heavy atom. The van der Waals surface area contributed by atoms with Crippen LogP contribution < -0.4 is 15.4 Å². The number of rotatable bonds is 3. The Morgan fingerprint density at radius 3 is 3.00 bits per heavy atom. The summed E-state index contributed by atoms with van der Waals surface area (Å²) in [7, 11) is 1.61. The van der Waals surface area contributed by atoms with E-state index in [-0.39, 0.29) is 11.8 Å². The fourth-order valence-electron chi connectivity index (χ4n) is 2.23. The lowest BCUT2D eigenvalue weighted by Crippen LogP contribution is -2.37. The van der Waals surface area contributed by atoms with Crippen LogP contribution in [0.3, 0.4) is 0 Å². The molecule has 0 bridgehead atoms. The maximum Gasteiger partial charge on any atom is 0.228 e. The van der Waals surface area contributed by atoms with Gasteiger partial charge in [0.15, 0.2) is 0 Å². The molecule has 1 fully saturated rings. The summed E-state index contributed by atoms with van der Waals surface area (Å²) in [6, 6.07) is 5.79. The summed E-state index contributed by atoms with van der Waals surface area (Å²) in [4.78, 5) is 12.1. The molecule has 98 valence electrons. The number of ether oxygens (including phenoxy) is 1. The number of carbonyl (C=O) groups is 1. The fraction of sp³-hybridized carbons (Fsp3) is 0.500. The number of nitrogens with one attached hydrogen (secondary N) is 2. The first-order chi connectivity index (χ1) is 8.70. The lowest BCUT2D eigenvalue weighted by molar-refractivity contribution is -0.120. The average Bonchev–Trinajstić information content (AvgIpc) is 2.40. The minimum Gasteiger partial charge on any atom is -0.495 e. The van der Waals surface area contributed by atoms with Crippen LogP contribution in [0.5, 0.6) is 5.75 Å². The highest BCUT2D eigenvalue weighted by molar-refractivity contribution is 5.94. The second-order valence-corrected chi connectivity index (χ2v) is 4.74. The third kappa shape index (κ3) is 3.01. The fourth-order valence-corrected chi connectivity index (χ4v) is 2.23. The van der Waals surface area contributed by atoms with Crippen molar-refractivity contribution in [1.82, 2.24) is 5.32 Å². The van der Waals surface area contributed by atoms with Gasteiger partial charge < -0.3 is 15.4 Å². The summed E-state index contributed by atoms with van der Waals surface area (Å²) in [5.41, 5.74) is 1.86. The monoisotopic (exact) mass is 248 g/mol. The van der Waals surface area contributed by atoms with Gasteiger partial charge in [0.2, 0.25) is 5.91 Å². The van der Waals surface area contributed by atoms with E-state index in [1.807, 2.05) is 25.1 Å². The van der Waals surface area contributed by atoms with Crippen molar-refractivity contribution in [2.24, 2.45) is 5.92 Å². The van der Waals surface area contributed by atoms with E-state index in [9.17, 15) is 4.79 Å². The normalized spacial score (nSPS) is 19.3. The summed E-state index contributed by atoms with van der Waals surface area (Å²) in [5.74, 6) is 0.841. The maximum atomic E-state index is 12.1. The topological polar surface area (TPSA) is 50.4 Å².